The monoisotopic (exact) mass is 239 g/mol. The molecule has 1 aromatic rings. The number of nitrogens with zero attached hydrogens (tertiary/aromatic N) is 2. The lowest BCUT2D eigenvalue weighted by Crippen LogP contribution is -2.22. The summed E-state index contributed by atoms with van der Waals surface area (Å²) in [7, 11) is 0. The summed E-state index contributed by atoms with van der Waals surface area (Å²) >= 11 is 5.71. The highest BCUT2D eigenvalue weighted by molar-refractivity contribution is 6.30. The van der Waals surface area contributed by atoms with E-state index in [0.29, 0.717) is 12.0 Å². The van der Waals surface area contributed by atoms with Gasteiger partial charge in [-0.25, -0.2) is 9.97 Å². The van der Waals surface area contributed by atoms with Crippen molar-refractivity contribution in [2.75, 3.05) is 11.9 Å². The van der Waals surface area contributed by atoms with Crippen LogP contribution in [0.5, 0.6) is 0 Å². The first kappa shape index (κ1) is 12.0. The first-order valence-electron chi connectivity index (χ1n) is 4.24. The third-order valence-electron chi connectivity index (χ3n) is 1.70. The Kier molecular flexibility index (Phi) is 3.73. The van der Waals surface area contributed by atoms with Crippen molar-refractivity contribution < 1.29 is 13.2 Å². The predicted molar refractivity (Wildman–Crippen MR) is 51.0 cm³/mol. The van der Waals surface area contributed by atoms with Crippen LogP contribution in [0.4, 0.5) is 19.0 Å². The molecule has 0 bridgehead atoms. The molecule has 0 aliphatic heterocycles. The van der Waals surface area contributed by atoms with Gasteiger partial charge in [-0.2, -0.15) is 13.2 Å². The van der Waals surface area contributed by atoms with E-state index in [4.69, 9.17) is 11.6 Å². The van der Waals surface area contributed by atoms with Gasteiger partial charge in [0.2, 0.25) is 0 Å². The lowest BCUT2D eigenvalue weighted by atomic mass is 10.2. The highest BCUT2D eigenvalue weighted by Crippen LogP contribution is 2.22. The van der Waals surface area contributed by atoms with Gasteiger partial charge in [0, 0.05) is 5.56 Å². The van der Waals surface area contributed by atoms with Crippen LogP contribution in [0.2, 0.25) is 5.15 Å². The Balaban J connectivity index is 2.81. The molecule has 0 saturated carbocycles. The lowest BCUT2D eigenvalue weighted by molar-refractivity contribution is -0.115. The second-order valence-electron chi connectivity index (χ2n) is 2.81. The maximum Gasteiger partial charge on any atom is 0.405 e. The number of aromatic nitrogens is 2. The van der Waals surface area contributed by atoms with Gasteiger partial charge in [0.05, 0.1) is 0 Å². The zero-order chi connectivity index (χ0) is 11.5. The molecule has 1 aromatic heterocycles. The van der Waals surface area contributed by atoms with Gasteiger partial charge in [0.15, 0.2) is 0 Å². The molecule has 0 saturated heterocycles. The van der Waals surface area contributed by atoms with Crippen LogP contribution in [-0.2, 0) is 6.42 Å². The molecule has 3 nitrogen and oxygen atoms in total. The van der Waals surface area contributed by atoms with Gasteiger partial charge in [-0.05, 0) is 6.42 Å². The van der Waals surface area contributed by atoms with Gasteiger partial charge < -0.3 is 5.32 Å². The van der Waals surface area contributed by atoms with Gasteiger partial charge in [-0.1, -0.05) is 18.5 Å². The number of hydrogen-bond acceptors (Lipinski definition) is 3. The highest BCUT2D eigenvalue weighted by atomic mass is 35.5. The fourth-order valence-corrected chi connectivity index (χ4v) is 1.31. The maximum atomic E-state index is 11.9. The molecule has 7 heteroatoms. The van der Waals surface area contributed by atoms with Crippen molar-refractivity contribution in [3.05, 3.63) is 17.0 Å². The Hall–Kier alpha value is -1.04. The first-order valence-corrected chi connectivity index (χ1v) is 4.62. The van der Waals surface area contributed by atoms with E-state index in [1.54, 1.807) is 6.92 Å². The summed E-state index contributed by atoms with van der Waals surface area (Å²) in [5.74, 6) is 0.134. The van der Waals surface area contributed by atoms with E-state index in [9.17, 15) is 13.2 Å². The van der Waals surface area contributed by atoms with Crippen molar-refractivity contribution in [2.24, 2.45) is 0 Å². The van der Waals surface area contributed by atoms with Crippen LogP contribution in [0.3, 0.4) is 0 Å². The average molecular weight is 240 g/mol. The Morgan fingerprint density at radius 1 is 1.40 bits per heavy atom. The molecule has 0 aromatic carbocycles. The Bertz CT molecular complexity index is 340. The third kappa shape index (κ3) is 3.54. The smallest absolute Gasteiger partial charge is 0.361 e. The maximum absolute atomic E-state index is 11.9. The normalized spacial score (nSPS) is 11.5. The van der Waals surface area contributed by atoms with Crippen LogP contribution in [-0.4, -0.2) is 22.7 Å². The van der Waals surface area contributed by atoms with Crippen LogP contribution >= 0.6 is 11.6 Å². The number of rotatable bonds is 3. The van der Waals surface area contributed by atoms with Crippen LogP contribution in [0.15, 0.2) is 6.33 Å². The summed E-state index contributed by atoms with van der Waals surface area (Å²) in [6.45, 7) is 0.636. The minimum absolute atomic E-state index is 0.134. The molecule has 0 unspecified atom stereocenters. The summed E-state index contributed by atoms with van der Waals surface area (Å²) < 4.78 is 35.8. The SMILES string of the molecule is CCc1c(Cl)ncnc1NCC(F)(F)F. The average Bonchev–Trinajstić information content (AvgIpc) is 2.13. The van der Waals surface area contributed by atoms with Crippen molar-refractivity contribution in [3.63, 3.8) is 0 Å². The van der Waals surface area contributed by atoms with Gasteiger partial charge in [0.1, 0.15) is 23.8 Å². The van der Waals surface area contributed by atoms with Gasteiger partial charge in [-0.3, -0.25) is 0 Å². The molecule has 0 radical (unpaired) electrons. The molecule has 0 aliphatic carbocycles. The number of hydrogen-bond donors (Lipinski definition) is 1. The molecule has 0 spiro atoms. The third-order valence-corrected chi connectivity index (χ3v) is 2.03. The standard InChI is InChI=1S/C8H9ClF3N3/c1-2-5-6(9)14-4-15-7(5)13-3-8(10,11)12/h4H,2-3H2,1H3,(H,13,14,15). The summed E-state index contributed by atoms with van der Waals surface area (Å²) in [6, 6.07) is 0. The van der Waals surface area contributed by atoms with Crippen molar-refractivity contribution in [3.8, 4) is 0 Å². The molecule has 84 valence electrons. The summed E-state index contributed by atoms with van der Waals surface area (Å²) in [5, 5.41) is 2.36. The van der Waals surface area contributed by atoms with E-state index in [2.05, 4.69) is 15.3 Å². The van der Waals surface area contributed by atoms with Crippen molar-refractivity contribution in [2.45, 2.75) is 19.5 Å². The van der Waals surface area contributed by atoms with Gasteiger partial charge >= 0.3 is 6.18 Å². The zero-order valence-electron chi connectivity index (χ0n) is 7.90. The van der Waals surface area contributed by atoms with E-state index >= 15 is 0 Å². The molecule has 1 rings (SSSR count). The van der Waals surface area contributed by atoms with Gasteiger partial charge in [0.25, 0.3) is 0 Å². The Labute approximate surface area is 89.7 Å². The zero-order valence-corrected chi connectivity index (χ0v) is 8.65. The van der Waals surface area contributed by atoms with E-state index in [1.807, 2.05) is 0 Å². The second-order valence-corrected chi connectivity index (χ2v) is 3.17. The van der Waals surface area contributed by atoms with E-state index in [1.165, 1.54) is 0 Å². The molecule has 1 N–H and O–H groups in total. The first-order chi connectivity index (χ1) is 6.94. The number of nitrogens with one attached hydrogen (secondary N) is 1. The quantitative estimate of drug-likeness (QED) is 0.824. The Morgan fingerprint density at radius 2 is 2.07 bits per heavy atom. The number of anilines is 1. The molecule has 0 aliphatic rings. The fraction of sp³-hybridized carbons (Fsp3) is 0.500. The molecular weight excluding hydrogens is 231 g/mol. The number of alkyl halides is 3. The van der Waals surface area contributed by atoms with Crippen LogP contribution in [0.1, 0.15) is 12.5 Å². The summed E-state index contributed by atoms with van der Waals surface area (Å²) in [4.78, 5) is 7.39. The molecule has 0 atom stereocenters. The Morgan fingerprint density at radius 3 is 2.60 bits per heavy atom. The van der Waals surface area contributed by atoms with Crippen LogP contribution < -0.4 is 5.32 Å². The van der Waals surface area contributed by atoms with Gasteiger partial charge in [-0.15, -0.1) is 0 Å². The van der Waals surface area contributed by atoms with E-state index in [0.717, 1.165) is 6.33 Å². The van der Waals surface area contributed by atoms with Crippen LogP contribution in [0, 0.1) is 0 Å². The van der Waals surface area contributed by atoms with E-state index in [-0.39, 0.29) is 11.0 Å². The molecule has 0 amide bonds. The number of halogens is 4. The fourth-order valence-electron chi connectivity index (χ4n) is 1.04. The summed E-state index contributed by atoms with van der Waals surface area (Å²) in [6.07, 6.45) is -2.68. The lowest BCUT2D eigenvalue weighted by Gasteiger charge is -2.11. The predicted octanol–water partition coefficient (Wildman–Crippen LogP) is 2.67. The van der Waals surface area contributed by atoms with Crippen molar-refractivity contribution in [1.29, 1.82) is 0 Å². The van der Waals surface area contributed by atoms with Crippen molar-refractivity contribution in [1.82, 2.24) is 9.97 Å². The topological polar surface area (TPSA) is 37.8 Å². The van der Waals surface area contributed by atoms with Crippen molar-refractivity contribution >= 4 is 17.4 Å². The molecule has 15 heavy (non-hydrogen) atoms. The summed E-state index contributed by atoms with van der Waals surface area (Å²) in [5.41, 5.74) is 0.489. The highest BCUT2D eigenvalue weighted by Gasteiger charge is 2.27. The van der Waals surface area contributed by atoms with E-state index < -0.39 is 12.7 Å². The molecule has 1 heterocycles. The van der Waals surface area contributed by atoms with Crippen LogP contribution in [0.25, 0.3) is 0 Å². The largest absolute Gasteiger partial charge is 0.405 e. The minimum atomic E-state index is -4.28. The minimum Gasteiger partial charge on any atom is -0.361 e. The molecule has 0 fully saturated rings. The molecular formula is C8H9ClF3N3. The second kappa shape index (κ2) is 4.65.